The van der Waals surface area contributed by atoms with Gasteiger partial charge in [0, 0.05) is 0 Å². The summed E-state index contributed by atoms with van der Waals surface area (Å²) in [6.07, 6.45) is 15.1. The van der Waals surface area contributed by atoms with Gasteiger partial charge < -0.3 is 0 Å². The molecule has 1 saturated carbocycles. The Morgan fingerprint density at radius 3 is 2.21 bits per heavy atom. The number of hydrogen-bond acceptors (Lipinski definition) is 1. The molecule has 0 bridgehead atoms. The molecular formula is C33H38BF3O. The van der Waals surface area contributed by atoms with Gasteiger partial charge in [-0.15, -0.1) is 0 Å². The summed E-state index contributed by atoms with van der Waals surface area (Å²) < 4.78 is 49.0. The van der Waals surface area contributed by atoms with Crippen LogP contribution in [0.25, 0.3) is 22.3 Å². The van der Waals surface area contributed by atoms with Gasteiger partial charge in [0.25, 0.3) is 0 Å². The van der Waals surface area contributed by atoms with Gasteiger partial charge in [-0.05, 0) is 42.7 Å². The first-order valence-electron chi connectivity index (χ1n) is 14.2. The molecule has 2 unspecified atom stereocenters. The van der Waals surface area contributed by atoms with Gasteiger partial charge >= 0.3 is 115 Å². The van der Waals surface area contributed by atoms with Crippen LogP contribution in [0.1, 0.15) is 89.0 Å². The Labute approximate surface area is 226 Å². The van der Waals surface area contributed by atoms with Crippen LogP contribution < -0.4 is 4.74 Å². The Morgan fingerprint density at radius 2 is 1.50 bits per heavy atom. The van der Waals surface area contributed by atoms with Crippen molar-refractivity contribution in [1.82, 2.24) is 0 Å². The molecule has 4 rings (SSSR count). The standard InChI is InChI=1S/C33H38BF3O/c1-2-3-4-5-6-8-23-9-7-10-24(12-11-23)27-17-18-28(30(35)21-27)25-13-15-26(16-14-25)29-19-20-31(38-22-34)33(37)32(29)36/h13-24,34H,2-12H2,1H3. The van der Waals surface area contributed by atoms with Crippen molar-refractivity contribution in [2.75, 3.05) is 0 Å². The van der Waals surface area contributed by atoms with Crippen molar-refractivity contribution < 1.29 is 17.9 Å². The fourth-order valence-corrected chi connectivity index (χ4v) is 5.82. The first kappa shape index (κ1) is 28.2. The maximum atomic E-state index is 15.3. The van der Waals surface area contributed by atoms with Crippen LogP contribution in [0.5, 0.6) is 5.75 Å². The average molecular weight is 518 g/mol. The van der Waals surface area contributed by atoms with Crippen molar-refractivity contribution in [3.63, 3.8) is 0 Å². The molecule has 1 aliphatic carbocycles. The van der Waals surface area contributed by atoms with E-state index in [4.69, 9.17) is 4.74 Å². The summed E-state index contributed by atoms with van der Waals surface area (Å²) in [5.74, 6) is -1.29. The molecule has 200 valence electrons. The van der Waals surface area contributed by atoms with Crippen LogP contribution >= 0.6 is 0 Å². The van der Waals surface area contributed by atoms with Gasteiger partial charge in [-0.3, -0.25) is 0 Å². The van der Waals surface area contributed by atoms with Crippen LogP contribution in [0, 0.1) is 23.4 Å². The molecular weight excluding hydrogens is 480 g/mol. The molecule has 1 nitrogen and oxygen atoms in total. The Hall–Kier alpha value is -2.82. The van der Waals surface area contributed by atoms with Crippen LogP contribution in [0.3, 0.4) is 0 Å². The van der Waals surface area contributed by atoms with Crippen LogP contribution in [0.4, 0.5) is 13.2 Å². The van der Waals surface area contributed by atoms with E-state index in [1.54, 1.807) is 30.3 Å². The summed E-state index contributed by atoms with van der Waals surface area (Å²) in [6, 6.07) is 15.3. The average Bonchev–Trinajstić information content (AvgIpc) is 3.17. The molecule has 0 saturated heterocycles. The van der Waals surface area contributed by atoms with E-state index in [9.17, 15) is 8.78 Å². The second-order valence-corrected chi connectivity index (χ2v) is 10.6. The minimum absolute atomic E-state index is 0.119. The summed E-state index contributed by atoms with van der Waals surface area (Å²) >= 11 is 0. The molecule has 0 aromatic heterocycles. The Kier molecular flexibility index (Phi) is 10.3. The number of ether oxygens (including phenoxy) is 1. The summed E-state index contributed by atoms with van der Waals surface area (Å²) in [6.45, 7) is 2.25. The normalized spacial score (nSPS) is 17.7. The van der Waals surface area contributed by atoms with Gasteiger partial charge in [0.15, 0.2) is 0 Å². The van der Waals surface area contributed by atoms with E-state index in [0.29, 0.717) is 22.6 Å². The molecule has 5 heteroatoms. The van der Waals surface area contributed by atoms with E-state index in [-0.39, 0.29) is 17.1 Å². The number of rotatable bonds is 11. The van der Waals surface area contributed by atoms with Gasteiger partial charge in [-0.1, -0.05) is 64.4 Å². The van der Waals surface area contributed by atoms with E-state index in [0.717, 1.165) is 30.5 Å². The molecule has 3 aromatic carbocycles. The van der Waals surface area contributed by atoms with Gasteiger partial charge in [-0.25, -0.2) is 4.39 Å². The quantitative estimate of drug-likeness (QED) is 0.140. The van der Waals surface area contributed by atoms with E-state index in [2.05, 4.69) is 20.5 Å². The molecule has 0 N–H and O–H groups in total. The van der Waals surface area contributed by atoms with Crippen LogP contribution in [0.15, 0.2) is 54.6 Å². The molecule has 0 spiro atoms. The third-order valence-electron chi connectivity index (χ3n) is 8.03. The molecule has 38 heavy (non-hydrogen) atoms. The van der Waals surface area contributed by atoms with E-state index < -0.39 is 11.6 Å². The van der Waals surface area contributed by atoms with E-state index >= 15 is 4.39 Å². The zero-order valence-electron chi connectivity index (χ0n) is 22.5. The van der Waals surface area contributed by atoms with Gasteiger partial charge in [0.2, 0.25) is 0 Å². The molecule has 0 heterocycles. The molecule has 2 atom stereocenters. The number of unbranched alkanes of at least 4 members (excludes halogenated alkanes) is 4. The summed E-state index contributed by atoms with van der Waals surface area (Å²) in [5.41, 5.74) is 2.93. The van der Waals surface area contributed by atoms with Crippen molar-refractivity contribution in [1.29, 1.82) is 0 Å². The summed E-state index contributed by atoms with van der Waals surface area (Å²) in [4.78, 5) is 0. The van der Waals surface area contributed by atoms with Crippen molar-refractivity contribution in [3.05, 3.63) is 77.6 Å². The molecule has 0 radical (unpaired) electrons. The Bertz CT molecular complexity index is 1210. The van der Waals surface area contributed by atoms with Crippen molar-refractivity contribution >= 4 is 13.6 Å². The predicted octanol–water partition coefficient (Wildman–Crippen LogP) is 9.50. The van der Waals surface area contributed by atoms with Gasteiger partial charge in [0.1, 0.15) is 0 Å². The predicted molar refractivity (Wildman–Crippen MR) is 154 cm³/mol. The molecule has 3 aromatic rings. The number of halogens is 3. The summed E-state index contributed by atoms with van der Waals surface area (Å²) in [5, 5.41) is 0. The zero-order chi connectivity index (χ0) is 26.9. The van der Waals surface area contributed by atoms with Crippen LogP contribution in [-0.2, 0) is 0 Å². The van der Waals surface area contributed by atoms with Gasteiger partial charge in [-0.2, -0.15) is 0 Å². The Balaban J connectivity index is 1.41. The first-order chi connectivity index (χ1) is 18.5. The number of hydrogen-bond donors (Lipinski definition) is 0. The zero-order valence-corrected chi connectivity index (χ0v) is 22.5. The van der Waals surface area contributed by atoms with Crippen LogP contribution in [0.2, 0.25) is 0 Å². The summed E-state index contributed by atoms with van der Waals surface area (Å²) in [7, 11) is 3.37. The number of benzene rings is 3. The van der Waals surface area contributed by atoms with E-state index in [1.165, 1.54) is 69.9 Å². The molecule has 1 aliphatic rings. The van der Waals surface area contributed by atoms with Gasteiger partial charge in [0.05, 0.1) is 0 Å². The van der Waals surface area contributed by atoms with Crippen molar-refractivity contribution in [2.45, 2.75) is 83.5 Å². The SMILES string of the molecule is B=COc1ccc(-c2ccc(-c3ccc(C4CCCC(CCCCCCC)CC4)cc3F)cc2)c(F)c1F. The maximum absolute atomic E-state index is 15.3. The van der Waals surface area contributed by atoms with E-state index in [1.807, 2.05) is 6.07 Å². The van der Waals surface area contributed by atoms with Crippen molar-refractivity contribution in [2.24, 2.45) is 5.92 Å². The molecule has 1 fully saturated rings. The van der Waals surface area contributed by atoms with Crippen molar-refractivity contribution in [3.8, 4) is 28.0 Å². The molecule has 0 aliphatic heterocycles. The topological polar surface area (TPSA) is 9.23 Å². The second kappa shape index (κ2) is 13.8. The Morgan fingerprint density at radius 1 is 0.789 bits per heavy atom. The third-order valence-corrected chi connectivity index (χ3v) is 8.03. The molecule has 0 amide bonds. The monoisotopic (exact) mass is 518 g/mol. The third kappa shape index (κ3) is 6.98. The fourth-order valence-electron chi connectivity index (χ4n) is 5.82. The fraction of sp³-hybridized carbons (Fsp3) is 0.424. The van der Waals surface area contributed by atoms with Crippen LogP contribution in [-0.4, -0.2) is 13.6 Å². The minimum atomic E-state index is -1.06. The second-order valence-electron chi connectivity index (χ2n) is 10.6. The first-order valence-corrected chi connectivity index (χ1v) is 14.2.